The van der Waals surface area contributed by atoms with Gasteiger partial charge < -0.3 is 14.5 Å². The van der Waals surface area contributed by atoms with E-state index in [9.17, 15) is 14.4 Å². The van der Waals surface area contributed by atoms with Crippen LogP contribution in [0.4, 0.5) is 0 Å². The number of nitrogens with zero attached hydrogens (tertiary/aromatic N) is 4. The highest BCUT2D eigenvalue weighted by molar-refractivity contribution is 6.01. The number of amides is 2. The fourth-order valence-electron chi connectivity index (χ4n) is 4.45. The van der Waals surface area contributed by atoms with Crippen molar-refractivity contribution in [2.45, 2.75) is 26.7 Å². The second kappa shape index (κ2) is 11.2. The van der Waals surface area contributed by atoms with Crippen molar-refractivity contribution in [2.24, 2.45) is 5.92 Å². The Labute approximate surface area is 211 Å². The summed E-state index contributed by atoms with van der Waals surface area (Å²) in [5, 5.41) is 4.73. The number of aryl methyl sites for hydroxylation is 1. The van der Waals surface area contributed by atoms with Crippen LogP contribution in [-0.2, 0) is 14.3 Å². The number of hydrogen-bond acceptors (Lipinski definition) is 5. The van der Waals surface area contributed by atoms with Crippen LogP contribution in [-0.4, -0.2) is 70.7 Å². The molecule has 1 saturated heterocycles. The van der Waals surface area contributed by atoms with E-state index in [1.54, 1.807) is 29.7 Å². The van der Waals surface area contributed by atoms with E-state index in [0.29, 0.717) is 43.8 Å². The summed E-state index contributed by atoms with van der Waals surface area (Å²) < 4.78 is 6.80. The molecule has 1 aliphatic rings. The number of rotatable bonds is 7. The number of hydrogen-bond donors (Lipinski definition) is 0. The lowest BCUT2D eigenvalue weighted by atomic mass is 9.97. The molecule has 0 saturated carbocycles. The fraction of sp³-hybridized carbons (Fsp3) is 0.357. The molecule has 4 rings (SSSR count). The van der Waals surface area contributed by atoms with Gasteiger partial charge in [0.25, 0.3) is 5.91 Å². The van der Waals surface area contributed by atoms with Crippen molar-refractivity contribution in [2.75, 3.05) is 33.3 Å². The highest BCUT2D eigenvalue weighted by Crippen LogP contribution is 2.26. The predicted octanol–water partition coefficient (Wildman–Crippen LogP) is 3.72. The molecule has 0 radical (unpaired) electrons. The van der Waals surface area contributed by atoms with E-state index in [1.165, 1.54) is 4.90 Å². The zero-order chi connectivity index (χ0) is 25.7. The Morgan fingerprint density at radius 3 is 2.44 bits per heavy atom. The molecule has 1 fully saturated rings. The molecule has 8 heteroatoms. The van der Waals surface area contributed by atoms with Gasteiger partial charge in [0.05, 0.1) is 30.3 Å². The van der Waals surface area contributed by atoms with Gasteiger partial charge >= 0.3 is 5.97 Å². The molecular weight excluding hydrogens is 456 g/mol. The van der Waals surface area contributed by atoms with Crippen molar-refractivity contribution in [3.8, 4) is 16.9 Å². The van der Waals surface area contributed by atoms with Crippen LogP contribution in [0.5, 0.6) is 0 Å². The molecule has 0 N–H and O–H groups in total. The third-order valence-electron chi connectivity index (χ3n) is 6.44. The topological polar surface area (TPSA) is 84.7 Å². The standard InChI is InChI=1S/C28H32N4O4/c1-4-36-28(35)21-13-15-31(16-14-21)25(33)19-30(3)27(34)24-18-32(23-11-6-5-7-12-23)29-26(24)22-10-8-9-20(2)17-22/h5-12,17-18,21H,4,13-16,19H2,1-3H3. The maximum Gasteiger partial charge on any atom is 0.309 e. The first-order chi connectivity index (χ1) is 17.4. The Bertz CT molecular complexity index is 1230. The number of aromatic nitrogens is 2. The number of benzene rings is 2. The normalized spacial score (nSPS) is 13.9. The number of likely N-dealkylation sites (tertiary alicyclic amines) is 1. The van der Waals surface area contributed by atoms with Crippen LogP contribution in [0.2, 0.25) is 0 Å². The average Bonchev–Trinajstić information content (AvgIpc) is 3.34. The fourth-order valence-corrected chi connectivity index (χ4v) is 4.45. The monoisotopic (exact) mass is 488 g/mol. The molecule has 2 amide bonds. The van der Waals surface area contributed by atoms with Crippen LogP contribution in [0.3, 0.4) is 0 Å². The molecule has 36 heavy (non-hydrogen) atoms. The van der Waals surface area contributed by atoms with Crippen LogP contribution >= 0.6 is 0 Å². The van der Waals surface area contributed by atoms with E-state index in [2.05, 4.69) is 0 Å². The molecule has 0 spiro atoms. The van der Waals surface area contributed by atoms with Crippen LogP contribution in [0.25, 0.3) is 16.9 Å². The molecule has 2 heterocycles. The van der Waals surface area contributed by atoms with Gasteiger partial charge in [0, 0.05) is 31.9 Å². The molecule has 1 aromatic heterocycles. The van der Waals surface area contributed by atoms with Gasteiger partial charge in [-0.05, 0) is 44.9 Å². The number of carbonyl (C=O) groups excluding carboxylic acids is 3. The van der Waals surface area contributed by atoms with Gasteiger partial charge in [-0.1, -0.05) is 42.0 Å². The summed E-state index contributed by atoms with van der Waals surface area (Å²) in [7, 11) is 1.63. The van der Waals surface area contributed by atoms with E-state index in [-0.39, 0.29) is 30.2 Å². The highest BCUT2D eigenvalue weighted by Gasteiger charge is 2.30. The van der Waals surface area contributed by atoms with Crippen molar-refractivity contribution < 1.29 is 19.1 Å². The van der Waals surface area contributed by atoms with Gasteiger partial charge in [0.15, 0.2) is 0 Å². The van der Waals surface area contributed by atoms with Crippen molar-refractivity contribution in [1.82, 2.24) is 19.6 Å². The highest BCUT2D eigenvalue weighted by atomic mass is 16.5. The Kier molecular flexibility index (Phi) is 7.83. The van der Waals surface area contributed by atoms with Crippen LogP contribution < -0.4 is 0 Å². The van der Waals surface area contributed by atoms with E-state index >= 15 is 0 Å². The van der Waals surface area contributed by atoms with Gasteiger partial charge in [-0.25, -0.2) is 4.68 Å². The molecule has 1 aliphatic heterocycles. The third-order valence-corrected chi connectivity index (χ3v) is 6.44. The molecule has 0 bridgehead atoms. The molecular formula is C28H32N4O4. The van der Waals surface area contributed by atoms with Crippen LogP contribution in [0.1, 0.15) is 35.7 Å². The largest absolute Gasteiger partial charge is 0.466 e. The van der Waals surface area contributed by atoms with E-state index in [1.807, 2.05) is 61.5 Å². The first-order valence-corrected chi connectivity index (χ1v) is 12.3. The SMILES string of the molecule is CCOC(=O)C1CCN(C(=O)CN(C)C(=O)c2cn(-c3ccccc3)nc2-c2cccc(C)c2)CC1. The maximum absolute atomic E-state index is 13.5. The van der Waals surface area contributed by atoms with Gasteiger partial charge in [-0.2, -0.15) is 5.10 Å². The summed E-state index contributed by atoms with van der Waals surface area (Å²) in [5.41, 5.74) is 3.75. The van der Waals surface area contributed by atoms with Gasteiger partial charge in [-0.3, -0.25) is 14.4 Å². The number of para-hydroxylation sites is 1. The quantitative estimate of drug-likeness (QED) is 0.473. The summed E-state index contributed by atoms with van der Waals surface area (Å²) in [4.78, 5) is 41.6. The van der Waals surface area contributed by atoms with Gasteiger partial charge in [0.1, 0.15) is 5.69 Å². The predicted molar refractivity (Wildman–Crippen MR) is 137 cm³/mol. The minimum absolute atomic E-state index is 0.0489. The Morgan fingerprint density at radius 2 is 1.78 bits per heavy atom. The molecule has 0 aliphatic carbocycles. The lowest BCUT2D eigenvalue weighted by Crippen LogP contribution is -2.45. The Morgan fingerprint density at radius 1 is 1.06 bits per heavy atom. The summed E-state index contributed by atoms with van der Waals surface area (Å²) in [6.07, 6.45) is 2.87. The molecule has 188 valence electrons. The summed E-state index contributed by atoms with van der Waals surface area (Å²) in [6.45, 7) is 5.05. The number of carbonyl (C=O) groups is 3. The van der Waals surface area contributed by atoms with E-state index < -0.39 is 0 Å². The number of esters is 1. The van der Waals surface area contributed by atoms with Gasteiger partial charge in [0.2, 0.25) is 5.91 Å². The molecule has 8 nitrogen and oxygen atoms in total. The smallest absolute Gasteiger partial charge is 0.309 e. The second-order valence-electron chi connectivity index (χ2n) is 9.11. The molecule has 0 atom stereocenters. The average molecular weight is 489 g/mol. The Balaban J connectivity index is 1.50. The first-order valence-electron chi connectivity index (χ1n) is 12.3. The Hall–Kier alpha value is -3.94. The first kappa shape index (κ1) is 25.2. The maximum atomic E-state index is 13.5. The van der Waals surface area contributed by atoms with Crippen molar-refractivity contribution in [1.29, 1.82) is 0 Å². The van der Waals surface area contributed by atoms with E-state index in [0.717, 1.165) is 16.8 Å². The third kappa shape index (κ3) is 5.64. The number of ether oxygens (including phenoxy) is 1. The zero-order valence-corrected chi connectivity index (χ0v) is 21.0. The van der Waals surface area contributed by atoms with Crippen molar-refractivity contribution >= 4 is 17.8 Å². The van der Waals surface area contributed by atoms with Crippen molar-refractivity contribution in [3.63, 3.8) is 0 Å². The molecule has 0 unspecified atom stereocenters. The minimum Gasteiger partial charge on any atom is -0.466 e. The summed E-state index contributed by atoms with van der Waals surface area (Å²) in [6, 6.07) is 17.5. The van der Waals surface area contributed by atoms with E-state index in [4.69, 9.17) is 9.84 Å². The van der Waals surface area contributed by atoms with Gasteiger partial charge in [-0.15, -0.1) is 0 Å². The zero-order valence-electron chi connectivity index (χ0n) is 21.0. The summed E-state index contributed by atoms with van der Waals surface area (Å²) >= 11 is 0. The molecule has 3 aromatic rings. The van der Waals surface area contributed by atoms with Crippen molar-refractivity contribution in [3.05, 3.63) is 71.9 Å². The number of likely N-dealkylation sites (N-methyl/N-ethyl adjacent to an activating group) is 1. The minimum atomic E-state index is -0.275. The van der Waals surface area contributed by atoms with Crippen LogP contribution in [0.15, 0.2) is 60.8 Å². The lowest BCUT2D eigenvalue weighted by molar-refractivity contribution is -0.151. The summed E-state index contributed by atoms with van der Waals surface area (Å²) in [5.74, 6) is -0.783. The molecule has 2 aromatic carbocycles. The second-order valence-corrected chi connectivity index (χ2v) is 9.11. The lowest BCUT2D eigenvalue weighted by Gasteiger charge is -2.32. The number of piperidine rings is 1. The van der Waals surface area contributed by atoms with Crippen LogP contribution in [0, 0.1) is 12.8 Å².